The molecule has 2 rings (SSSR count). The minimum absolute atomic E-state index is 0.229. The molecule has 1 atom stereocenters. The Labute approximate surface area is 108 Å². The van der Waals surface area contributed by atoms with Crippen LogP contribution in [0.25, 0.3) is 0 Å². The number of likely N-dealkylation sites (N-methyl/N-ethyl adjacent to an activating group) is 1. The molecular formula is C13H21N5. The summed E-state index contributed by atoms with van der Waals surface area (Å²) in [5.41, 5.74) is 4.71. The average Bonchev–Trinajstić information content (AvgIpc) is 2.84. The van der Waals surface area contributed by atoms with Crippen molar-refractivity contribution in [3.63, 3.8) is 0 Å². The quantitative estimate of drug-likeness (QED) is 0.885. The van der Waals surface area contributed by atoms with Crippen molar-refractivity contribution in [3.8, 4) is 0 Å². The fourth-order valence-corrected chi connectivity index (χ4v) is 2.29. The molecule has 0 radical (unpaired) electrons. The summed E-state index contributed by atoms with van der Waals surface area (Å²) in [4.78, 5) is 0. The van der Waals surface area contributed by atoms with Gasteiger partial charge in [-0.25, -0.2) is 0 Å². The molecule has 1 N–H and O–H groups in total. The zero-order chi connectivity index (χ0) is 13.3. The van der Waals surface area contributed by atoms with Gasteiger partial charge < -0.3 is 5.32 Å². The maximum atomic E-state index is 4.47. The van der Waals surface area contributed by atoms with Gasteiger partial charge in [0.1, 0.15) is 0 Å². The molecule has 0 saturated carbocycles. The van der Waals surface area contributed by atoms with E-state index < -0.39 is 0 Å². The van der Waals surface area contributed by atoms with Gasteiger partial charge in [0.25, 0.3) is 0 Å². The molecule has 18 heavy (non-hydrogen) atoms. The molecule has 2 aromatic rings. The standard InChI is InChI=1S/C13H21N5/c1-9-11(10(2)18(5)15-9)8-13(14-3)12-6-7-17(4)16-12/h6-7,13-14H,8H2,1-5H3. The number of nitrogens with zero attached hydrogens (tertiary/aromatic N) is 4. The Morgan fingerprint density at radius 1 is 1.28 bits per heavy atom. The molecule has 0 aliphatic carbocycles. The van der Waals surface area contributed by atoms with Gasteiger partial charge in [-0.3, -0.25) is 9.36 Å². The Kier molecular flexibility index (Phi) is 3.52. The molecule has 0 aromatic carbocycles. The van der Waals surface area contributed by atoms with Crippen molar-refractivity contribution in [1.29, 1.82) is 0 Å². The first-order chi connectivity index (χ1) is 8.52. The molecule has 0 spiro atoms. The van der Waals surface area contributed by atoms with E-state index in [0.29, 0.717) is 0 Å². The Balaban J connectivity index is 2.25. The fraction of sp³-hybridized carbons (Fsp3) is 0.538. The molecule has 1 unspecified atom stereocenters. The summed E-state index contributed by atoms with van der Waals surface area (Å²) in [6.45, 7) is 4.17. The van der Waals surface area contributed by atoms with E-state index in [4.69, 9.17) is 0 Å². The van der Waals surface area contributed by atoms with Crippen molar-refractivity contribution in [1.82, 2.24) is 24.9 Å². The van der Waals surface area contributed by atoms with Crippen molar-refractivity contribution >= 4 is 0 Å². The van der Waals surface area contributed by atoms with E-state index in [1.807, 2.05) is 36.7 Å². The lowest BCUT2D eigenvalue weighted by atomic mass is 10.0. The van der Waals surface area contributed by atoms with Crippen LogP contribution in [-0.2, 0) is 20.5 Å². The van der Waals surface area contributed by atoms with Crippen molar-refractivity contribution in [2.45, 2.75) is 26.3 Å². The lowest BCUT2D eigenvalue weighted by Crippen LogP contribution is -2.20. The minimum atomic E-state index is 0.229. The predicted molar refractivity (Wildman–Crippen MR) is 71.4 cm³/mol. The van der Waals surface area contributed by atoms with E-state index in [0.717, 1.165) is 17.8 Å². The second kappa shape index (κ2) is 4.94. The highest BCUT2D eigenvalue weighted by molar-refractivity contribution is 5.26. The van der Waals surface area contributed by atoms with Gasteiger partial charge in [0.05, 0.1) is 17.4 Å². The Hall–Kier alpha value is -1.62. The SMILES string of the molecule is CNC(Cc1c(C)nn(C)c1C)c1ccn(C)n1. The monoisotopic (exact) mass is 247 g/mol. The number of nitrogens with one attached hydrogen (secondary N) is 1. The van der Waals surface area contributed by atoms with Crippen molar-refractivity contribution in [2.75, 3.05) is 7.05 Å². The Bertz CT molecular complexity index is 538. The zero-order valence-electron chi connectivity index (χ0n) is 11.7. The average molecular weight is 247 g/mol. The largest absolute Gasteiger partial charge is 0.311 e. The van der Waals surface area contributed by atoms with Gasteiger partial charge >= 0.3 is 0 Å². The van der Waals surface area contributed by atoms with Crippen LogP contribution >= 0.6 is 0 Å². The highest BCUT2D eigenvalue weighted by Crippen LogP contribution is 2.21. The first-order valence-electron chi connectivity index (χ1n) is 6.18. The summed E-state index contributed by atoms with van der Waals surface area (Å²) in [6.07, 6.45) is 2.89. The lowest BCUT2D eigenvalue weighted by molar-refractivity contribution is 0.560. The molecule has 0 bridgehead atoms. The van der Waals surface area contributed by atoms with Crippen LogP contribution in [0.4, 0.5) is 0 Å². The van der Waals surface area contributed by atoms with Crippen LogP contribution in [0.2, 0.25) is 0 Å². The first-order valence-corrected chi connectivity index (χ1v) is 6.18. The normalized spacial score (nSPS) is 12.9. The molecule has 2 heterocycles. The number of aryl methyl sites for hydroxylation is 3. The van der Waals surface area contributed by atoms with Gasteiger partial charge in [-0.05, 0) is 38.9 Å². The van der Waals surface area contributed by atoms with Gasteiger partial charge in [-0.2, -0.15) is 10.2 Å². The summed E-state index contributed by atoms with van der Waals surface area (Å²) in [5, 5.41) is 12.3. The summed E-state index contributed by atoms with van der Waals surface area (Å²) >= 11 is 0. The highest BCUT2D eigenvalue weighted by atomic mass is 15.3. The van der Waals surface area contributed by atoms with E-state index in [9.17, 15) is 0 Å². The summed E-state index contributed by atoms with van der Waals surface area (Å²) < 4.78 is 3.78. The second-order valence-electron chi connectivity index (χ2n) is 4.73. The highest BCUT2D eigenvalue weighted by Gasteiger charge is 2.17. The van der Waals surface area contributed by atoms with Crippen molar-refractivity contribution in [2.24, 2.45) is 14.1 Å². The fourth-order valence-electron chi connectivity index (χ4n) is 2.29. The predicted octanol–water partition coefficient (Wildman–Crippen LogP) is 1.27. The van der Waals surface area contributed by atoms with Crippen LogP contribution in [0.15, 0.2) is 12.3 Å². The molecule has 98 valence electrons. The van der Waals surface area contributed by atoms with Crippen LogP contribution in [0.5, 0.6) is 0 Å². The molecular weight excluding hydrogens is 226 g/mol. The summed E-state index contributed by atoms with van der Waals surface area (Å²) in [5.74, 6) is 0. The van der Waals surface area contributed by atoms with E-state index in [1.54, 1.807) is 0 Å². The van der Waals surface area contributed by atoms with Crippen molar-refractivity contribution < 1.29 is 0 Å². The van der Waals surface area contributed by atoms with E-state index in [1.165, 1.54) is 11.3 Å². The number of hydrogen-bond acceptors (Lipinski definition) is 3. The molecule has 5 nitrogen and oxygen atoms in total. The number of aromatic nitrogens is 4. The third-order valence-electron chi connectivity index (χ3n) is 3.51. The maximum absolute atomic E-state index is 4.47. The van der Waals surface area contributed by atoms with E-state index in [2.05, 4.69) is 35.4 Å². The molecule has 0 amide bonds. The zero-order valence-corrected chi connectivity index (χ0v) is 11.7. The van der Waals surface area contributed by atoms with Gasteiger partial charge in [0.15, 0.2) is 0 Å². The third-order valence-corrected chi connectivity index (χ3v) is 3.51. The Morgan fingerprint density at radius 3 is 2.44 bits per heavy atom. The summed E-state index contributed by atoms with van der Waals surface area (Å²) in [6, 6.07) is 2.29. The minimum Gasteiger partial charge on any atom is -0.311 e. The number of rotatable bonds is 4. The van der Waals surface area contributed by atoms with Gasteiger partial charge in [0.2, 0.25) is 0 Å². The van der Waals surface area contributed by atoms with Gasteiger partial charge in [-0.1, -0.05) is 0 Å². The molecule has 0 saturated heterocycles. The lowest BCUT2D eigenvalue weighted by Gasteiger charge is -2.14. The molecule has 0 aliphatic rings. The Morgan fingerprint density at radius 2 is 2.00 bits per heavy atom. The van der Waals surface area contributed by atoms with E-state index >= 15 is 0 Å². The van der Waals surface area contributed by atoms with Crippen LogP contribution < -0.4 is 5.32 Å². The smallest absolute Gasteiger partial charge is 0.0797 e. The molecule has 0 fully saturated rings. The second-order valence-corrected chi connectivity index (χ2v) is 4.73. The maximum Gasteiger partial charge on any atom is 0.0797 e. The van der Waals surface area contributed by atoms with Crippen LogP contribution in [0, 0.1) is 13.8 Å². The van der Waals surface area contributed by atoms with Gasteiger partial charge in [0, 0.05) is 26.0 Å². The molecule has 0 aliphatic heterocycles. The van der Waals surface area contributed by atoms with E-state index in [-0.39, 0.29) is 6.04 Å². The number of hydrogen-bond donors (Lipinski definition) is 1. The van der Waals surface area contributed by atoms with Crippen molar-refractivity contribution in [3.05, 3.63) is 34.9 Å². The van der Waals surface area contributed by atoms with Crippen LogP contribution in [0.1, 0.15) is 28.7 Å². The third kappa shape index (κ3) is 2.31. The summed E-state index contributed by atoms with van der Waals surface area (Å²) in [7, 11) is 5.90. The van der Waals surface area contributed by atoms with Crippen LogP contribution in [0.3, 0.4) is 0 Å². The first kappa shape index (κ1) is 12.8. The molecule has 5 heteroatoms. The van der Waals surface area contributed by atoms with Gasteiger partial charge in [-0.15, -0.1) is 0 Å². The molecule has 2 aromatic heterocycles. The van der Waals surface area contributed by atoms with Crippen LogP contribution in [-0.4, -0.2) is 26.6 Å². The topological polar surface area (TPSA) is 47.7 Å².